The van der Waals surface area contributed by atoms with Gasteiger partial charge < -0.3 is 14.9 Å². The van der Waals surface area contributed by atoms with Gasteiger partial charge in [0.25, 0.3) is 0 Å². The third-order valence-electron chi connectivity index (χ3n) is 5.17. The average molecular weight is 441 g/mol. The molecule has 1 unspecified atom stereocenters. The van der Waals surface area contributed by atoms with Crippen LogP contribution in [0, 0.1) is 0 Å². The van der Waals surface area contributed by atoms with Crippen molar-refractivity contribution in [2.75, 3.05) is 13.1 Å². The predicted octanol–water partition coefficient (Wildman–Crippen LogP) is 2.54. The lowest BCUT2D eigenvalue weighted by molar-refractivity contribution is 0.0569. The van der Waals surface area contributed by atoms with Gasteiger partial charge in [-0.05, 0) is 55.1 Å². The summed E-state index contributed by atoms with van der Waals surface area (Å²) in [6, 6.07) is 11.7. The highest BCUT2D eigenvalue weighted by Gasteiger charge is 2.24. The molecule has 8 nitrogen and oxygen atoms in total. The molecule has 2 aromatic heterocycles. The molecule has 2 atom stereocenters. The number of aromatic nitrogens is 2. The van der Waals surface area contributed by atoms with Crippen LogP contribution in [0.15, 0.2) is 70.5 Å². The molecule has 162 valence electrons. The van der Waals surface area contributed by atoms with Crippen LogP contribution in [0.5, 0.6) is 0 Å². The van der Waals surface area contributed by atoms with Crippen LogP contribution in [-0.2, 0) is 15.6 Å². The monoisotopic (exact) mass is 440 g/mol. The van der Waals surface area contributed by atoms with Crippen LogP contribution in [0.4, 0.5) is 0 Å². The highest BCUT2D eigenvalue weighted by Crippen LogP contribution is 2.24. The largest absolute Gasteiger partial charge is 0.384 e. The van der Waals surface area contributed by atoms with E-state index in [4.69, 9.17) is 4.52 Å². The molecule has 0 aliphatic rings. The van der Waals surface area contributed by atoms with Crippen molar-refractivity contribution in [3.63, 3.8) is 0 Å². The minimum Gasteiger partial charge on any atom is -0.384 e. The summed E-state index contributed by atoms with van der Waals surface area (Å²) in [5.41, 5.74) is 0.228. The lowest BCUT2D eigenvalue weighted by Crippen LogP contribution is -2.44. The van der Waals surface area contributed by atoms with Crippen molar-refractivity contribution < 1.29 is 18.0 Å². The Morgan fingerprint density at radius 3 is 2.77 bits per heavy atom. The fraction of sp³-hybridized carbons (Fsp3) is 0.273. The molecule has 0 radical (unpaired) electrons. The van der Waals surface area contributed by atoms with E-state index >= 15 is 0 Å². The molecule has 0 aliphatic heterocycles. The average Bonchev–Trinajstić information content (AvgIpc) is 3.21. The molecule has 4 rings (SSSR count). The molecule has 0 aliphatic carbocycles. The van der Waals surface area contributed by atoms with Gasteiger partial charge in [0.15, 0.2) is 5.58 Å². The molecule has 2 heterocycles. The summed E-state index contributed by atoms with van der Waals surface area (Å²) in [4.78, 5) is 4.24. The predicted molar refractivity (Wildman–Crippen MR) is 118 cm³/mol. The van der Waals surface area contributed by atoms with Crippen molar-refractivity contribution in [1.29, 1.82) is 0 Å². The third-order valence-corrected chi connectivity index (χ3v) is 6.76. The van der Waals surface area contributed by atoms with Gasteiger partial charge in [0.05, 0.1) is 16.7 Å². The molecule has 0 amide bonds. The number of aliphatic hydroxyl groups is 1. The number of nitrogens with zero attached hydrogens (tertiary/aromatic N) is 2. The number of benzene rings is 2. The van der Waals surface area contributed by atoms with E-state index in [1.807, 2.05) is 6.07 Å². The lowest BCUT2D eigenvalue weighted by Gasteiger charge is -2.25. The number of pyridine rings is 1. The SMILES string of the molecule is C[C@H](CNCC(C)(O)c1ccc2oncc2c1)NS(=O)(=O)c1ccc2cnccc2c1. The minimum atomic E-state index is -3.68. The number of hydrogen-bond acceptors (Lipinski definition) is 7. The Kier molecular flexibility index (Phi) is 5.76. The van der Waals surface area contributed by atoms with Gasteiger partial charge in [0.1, 0.15) is 0 Å². The highest BCUT2D eigenvalue weighted by atomic mass is 32.2. The fourth-order valence-electron chi connectivity index (χ4n) is 3.44. The first kappa shape index (κ1) is 21.4. The van der Waals surface area contributed by atoms with Gasteiger partial charge in [0, 0.05) is 42.3 Å². The zero-order valence-electron chi connectivity index (χ0n) is 17.2. The van der Waals surface area contributed by atoms with Crippen molar-refractivity contribution >= 4 is 31.8 Å². The van der Waals surface area contributed by atoms with Crippen molar-refractivity contribution in [3.8, 4) is 0 Å². The Morgan fingerprint density at radius 1 is 1.10 bits per heavy atom. The molecule has 9 heteroatoms. The number of nitrogens with one attached hydrogen (secondary N) is 2. The Morgan fingerprint density at radius 2 is 1.94 bits per heavy atom. The molecule has 0 saturated carbocycles. The molecule has 4 aromatic rings. The maximum absolute atomic E-state index is 12.7. The van der Waals surface area contributed by atoms with Crippen LogP contribution >= 0.6 is 0 Å². The molecular weight excluding hydrogens is 416 g/mol. The molecule has 3 N–H and O–H groups in total. The fourth-order valence-corrected chi connectivity index (χ4v) is 4.72. The topological polar surface area (TPSA) is 117 Å². The molecule has 31 heavy (non-hydrogen) atoms. The number of hydrogen-bond donors (Lipinski definition) is 3. The molecule has 2 aromatic carbocycles. The van der Waals surface area contributed by atoms with Crippen LogP contribution in [-0.4, -0.2) is 42.8 Å². The van der Waals surface area contributed by atoms with E-state index in [0.29, 0.717) is 12.1 Å². The van der Waals surface area contributed by atoms with Crippen LogP contribution in [0.2, 0.25) is 0 Å². The smallest absolute Gasteiger partial charge is 0.240 e. The second-order valence-electron chi connectivity index (χ2n) is 7.89. The molecule has 0 fully saturated rings. The van der Waals surface area contributed by atoms with Gasteiger partial charge in [0.2, 0.25) is 10.0 Å². The number of sulfonamides is 1. The standard InChI is InChI=1S/C22H24N4O4S/c1-15(26-31(28,29)20-5-3-17-12-23-8-7-16(17)10-20)11-24-14-22(2,27)19-4-6-21-18(9-19)13-25-30-21/h3-10,12-13,15,24,26-27H,11,14H2,1-2H3/t15-,22?/m1/s1. The van der Waals surface area contributed by atoms with E-state index in [-0.39, 0.29) is 17.5 Å². The van der Waals surface area contributed by atoms with Crippen molar-refractivity contribution in [2.45, 2.75) is 30.4 Å². The molecule has 0 saturated heterocycles. The quantitative estimate of drug-likeness (QED) is 0.385. The van der Waals surface area contributed by atoms with E-state index in [1.54, 1.807) is 68.8 Å². The van der Waals surface area contributed by atoms with E-state index in [1.165, 1.54) is 0 Å². The second kappa shape index (κ2) is 8.35. The first-order valence-corrected chi connectivity index (χ1v) is 11.4. The zero-order valence-corrected chi connectivity index (χ0v) is 18.1. The van der Waals surface area contributed by atoms with Gasteiger partial charge in [-0.2, -0.15) is 0 Å². The van der Waals surface area contributed by atoms with Crippen LogP contribution in [0.25, 0.3) is 21.7 Å². The van der Waals surface area contributed by atoms with Crippen molar-refractivity contribution in [3.05, 3.63) is 66.6 Å². The summed E-state index contributed by atoms with van der Waals surface area (Å²) in [5.74, 6) is 0. The maximum atomic E-state index is 12.7. The number of rotatable bonds is 8. The zero-order chi connectivity index (χ0) is 22.1. The van der Waals surface area contributed by atoms with Gasteiger partial charge in [-0.25, -0.2) is 13.1 Å². The Bertz CT molecular complexity index is 1320. The second-order valence-corrected chi connectivity index (χ2v) is 9.60. The third kappa shape index (κ3) is 4.75. The normalized spacial score (nSPS) is 15.2. The van der Waals surface area contributed by atoms with Crippen LogP contribution in [0.3, 0.4) is 0 Å². The van der Waals surface area contributed by atoms with Gasteiger partial charge in [-0.1, -0.05) is 17.3 Å². The first-order valence-electron chi connectivity index (χ1n) is 9.89. The molecular formula is C22H24N4O4S. The summed E-state index contributed by atoms with van der Waals surface area (Å²) in [6.45, 7) is 4.07. The lowest BCUT2D eigenvalue weighted by atomic mass is 9.95. The summed E-state index contributed by atoms with van der Waals surface area (Å²) < 4.78 is 33.3. The van der Waals surface area contributed by atoms with Crippen LogP contribution < -0.4 is 10.0 Å². The summed E-state index contributed by atoms with van der Waals surface area (Å²) >= 11 is 0. The van der Waals surface area contributed by atoms with Gasteiger partial charge >= 0.3 is 0 Å². The van der Waals surface area contributed by atoms with E-state index in [9.17, 15) is 13.5 Å². The summed E-state index contributed by atoms with van der Waals surface area (Å²) in [5, 5.41) is 20.2. The van der Waals surface area contributed by atoms with Crippen LogP contribution in [0.1, 0.15) is 19.4 Å². The van der Waals surface area contributed by atoms with Crippen molar-refractivity contribution in [2.24, 2.45) is 0 Å². The van der Waals surface area contributed by atoms with Crippen molar-refractivity contribution in [1.82, 2.24) is 20.2 Å². The van der Waals surface area contributed by atoms with E-state index in [0.717, 1.165) is 21.7 Å². The maximum Gasteiger partial charge on any atom is 0.240 e. The van der Waals surface area contributed by atoms with E-state index in [2.05, 4.69) is 20.2 Å². The molecule has 0 bridgehead atoms. The minimum absolute atomic E-state index is 0.201. The number of fused-ring (bicyclic) bond motifs is 2. The highest BCUT2D eigenvalue weighted by molar-refractivity contribution is 7.89. The summed E-state index contributed by atoms with van der Waals surface area (Å²) in [7, 11) is -3.68. The van der Waals surface area contributed by atoms with Gasteiger partial charge in [-0.15, -0.1) is 0 Å². The van der Waals surface area contributed by atoms with E-state index < -0.39 is 15.6 Å². The summed E-state index contributed by atoms with van der Waals surface area (Å²) in [6.07, 6.45) is 4.92. The Balaban J connectivity index is 1.36. The first-order chi connectivity index (χ1) is 14.7. The molecule has 0 spiro atoms. The van der Waals surface area contributed by atoms with Gasteiger partial charge in [-0.3, -0.25) is 4.98 Å². The Hall–Kier alpha value is -2.85. The Labute approximate surface area is 180 Å².